The third kappa shape index (κ3) is 4.31. The molecule has 4 rings (SSSR count). The molecule has 1 aliphatic rings. The minimum Gasteiger partial charge on any atom is -0.455 e. The molecule has 5 nitrogen and oxygen atoms in total. The first-order valence-corrected chi connectivity index (χ1v) is 10.1. The van der Waals surface area contributed by atoms with Gasteiger partial charge in [-0.1, -0.05) is 53.6 Å². The maximum atomic E-state index is 12.9. The van der Waals surface area contributed by atoms with E-state index in [1.165, 1.54) is 0 Å². The molecule has 0 bridgehead atoms. The molecule has 0 saturated carbocycles. The Morgan fingerprint density at radius 1 is 1.03 bits per heavy atom. The number of aryl methyl sites for hydroxylation is 1. The number of nitrogens with zero attached hydrogens (tertiary/aromatic N) is 1. The molecule has 0 aromatic heterocycles. The monoisotopic (exact) mass is 420 g/mol. The Labute approximate surface area is 180 Å². The van der Waals surface area contributed by atoms with E-state index in [0.717, 1.165) is 5.56 Å². The number of amides is 2. The van der Waals surface area contributed by atoms with E-state index in [1.54, 1.807) is 29.2 Å². The zero-order chi connectivity index (χ0) is 21.1. The summed E-state index contributed by atoms with van der Waals surface area (Å²) in [7, 11) is 0. The summed E-state index contributed by atoms with van der Waals surface area (Å²) in [6, 6.07) is 22.1. The second kappa shape index (κ2) is 8.59. The molecule has 1 saturated heterocycles. The first-order valence-electron chi connectivity index (χ1n) is 9.70. The molecule has 0 radical (unpaired) electrons. The van der Waals surface area contributed by atoms with Crippen LogP contribution in [0.5, 0.6) is 11.5 Å². The maximum Gasteiger partial charge on any atom is 0.229 e. The van der Waals surface area contributed by atoms with Crippen molar-refractivity contribution in [1.29, 1.82) is 0 Å². The van der Waals surface area contributed by atoms with Crippen molar-refractivity contribution in [2.24, 2.45) is 5.92 Å². The molecule has 3 aromatic rings. The molecule has 30 heavy (non-hydrogen) atoms. The van der Waals surface area contributed by atoms with Crippen molar-refractivity contribution < 1.29 is 14.3 Å². The number of halogens is 1. The molecule has 6 heteroatoms. The van der Waals surface area contributed by atoms with Crippen molar-refractivity contribution in [1.82, 2.24) is 0 Å². The number of hydrogen-bond donors (Lipinski definition) is 1. The fourth-order valence-corrected chi connectivity index (χ4v) is 3.65. The standard InChI is InChI=1S/C24H21ClN2O3/c1-16-10-12-18(13-11-16)30-22-9-5-3-7-20(22)26-24(29)17-14-23(28)27(15-17)21-8-4-2-6-19(21)25/h2-13,17H,14-15H2,1H3,(H,26,29)/t17-/m1/s1. The van der Waals surface area contributed by atoms with E-state index < -0.39 is 5.92 Å². The number of benzene rings is 3. The van der Waals surface area contributed by atoms with Gasteiger partial charge in [-0.05, 0) is 43.3 Å². The summed E-state index contributed by atoms with van der Waals surface area (Å²) >= 11 is 6.22. The molecule has 1 atom stereocenters. The second-order valence-electron chi connectivity index (χ2n) is 7.26. The summed E-state index contributed by atoms with van der Waals surface area (Å²) in [6.45, 7) is 2.29. The Kier molecular flexibility index (Phi) is 5.72. The second-order valence-corrected chi connectivity index (χ2v) is 7.66. The van der Waals surface area contributed by atoms with Gasteiger partial charge in [-0.15, -0.1) is 0 Å². The van der Waals surface area contributed by atoms with Crippen LogP contribution in [0.4, 0.5) is 11.4 Å². The largest absolute Gasteiger partial charge is 0.455 e. The van der Waals surface area contributed by atoms with Gasteiger partial charge >= 0.3 is 0 Å². The van der Waals surface area contributed by atoms with Crippen LogP contribution in [0.15, 0.2) is 72.8 Å². The van der Waals surface area contributed by atoms with Crippen molar-refractivity contribution in [2.45, 2.75) is 13.3 Å². The fraction of sp³-hybridized carbons (Fsp3) is 0.167. The van der Waals surface area contributed by atoms with Crippen LogP contribution in [0.3, 0.4) is 0 Å². The van der Waals surface area contributed by atoms with Gasteiger partial charge in [0.25, 0.3) is 0 Å². The molecule has 1 aliphatic heterocycles. The smallest absolute Gasteiger partial charge is 0.229 e. The third-order valence-electron chi connectivity index (χ3n) is 5.03. The molecular weight excluding hydrogens is 400 g/mol. The Balaban J connectivity index is 1.48. The minimum absolute atomic E-state index is 0.118. The minimum atomic E-state index is -0.471. The summed E-state index contributed by atoms with van der Waals surface area (Å²) in [6.07, 6.45) is 0.137. The van der Waals surface area contributed by atoms with Gasteiger partial charge in [-0.25, -0.2) is 0 Å². The third-order valence-corrected chi connectivity index (χ3v) is 5.35. The average Bonchev–Trinajstić information content (AvgIpc) is 3.13. The van der Waals surface area contributed by atoms with Crippen LogP contribution in [0.1, 0.15) is 12.0 Å². The maximum absolute atomic E-state index is 12.9. The highest BCUT2D eigenvalue weighted by molar-refractivity contribution is 6.33. The van der Waals surface area contributed by atoms with Crippen LogP contribution in [0, 0.1) is 12.8 Å². The van der Waals surface area contributed by atoms with E-state index >= 15 is 0 Å². The molecule has 1 fully saturated rings. The number of nitrogens with one attached hydrogen (secondary N) is 1. The van der Waals surface area contributed by atoms with Crippen LogP contribution in [-0.2, 0) is 9.59 Å². The van der Waals surface area contributed by atoms with Crippen molar-refractivity contribution in [3.63, 3.8) is 0 Å². The molecule has 0 unspecified atom stereocenters. The number of para-hydroxylation sites is 3. The quantitative estimate of drug-likeness (QED) is 0.598. The molecule has 0 aliphatic carbocycles. The van der Waals surface area contributed by atoms with Gasteiger partial charge in [0.2, 0.25) is 11.8 Å². The zero-order valence-electron chi connectivity index (χ0n) is 16.5. The lowest BCUT2D eigenvalue weighted by atomic mass is 10.1. The zero-order valence-corrected chi connectivity index (χ0v) is 17.2. The van der Waals surface area contributed by atoms with Crippen molar-refractivity contribution in [3.8, 4) is 11.5 Å². The Bertz CT molecular complexity index is 1080. The number of hydrogen-bond acceptors (Lipinski definition) is 3. The van der Waals surface area contributed by atoms with Gasteiger partial charge in [0, 0.05) is 13.0 Å². The van der Waals surface area contributed by atoms with Crippen LogP contribution in [0.2, 0.25) is 5.02 Å². The first kappa shape index (κ1) is 20.0. The van der Waals surface area contributed by atoms with E-state index in [9.17, 15) is 9.59 Å². The lowest BCUT2D eigenvalue weighted by Gasteiger charge is -2.18. The molecule has 2 amide bonds. The van der Waals surface area contributed by atoms with Gasteiger partial charge in [0.1, 0.15) is 5.75 Å². The van der Waals surface area contributed by atoms with E-state index in [2.05, 4.69) is 5.32 Å². The Morgan fingerprint density at radius 3 is 2.50 bits per heavy atom. The van der Waals surface area contributed by atoms with Crippen molar-refractivity contribution >= 4 is 34.8 Å². The van der Waals surface area contributed by atoms with Gasteiger partial charge in [0.05, 0.1) is 22.3 Å². The van der Waals surface area contributed by atoms with Gasteiger partial charge in [0.15, 0.2) is 5.75 Å². The highest BCUT2D eigenvalue weighted by atomic mass is 35.5. The average molecular weight is 421 g/mol. The molecule has 152 valence electrons. The lowest BCUT2D eigenvalue weighted by molar-refractivity contribution is -0.122. The number of carbonyl (C=O) groups excluding carboxylic acids is 2. The van der Waals surface area contributed by atoms with Crippen LogP contribution in [0.25, 0.3) is 0 Å². The van der Waals surface area contributed by atoms with Gasteiger partial charge < -0.3 is 15.0 Å². The predicted molar refractivity (Wildman–Crippen MR) is 118 cm³/mol. The molecular formula is C24H21ClN2O3. The molecule has 1 heterocycles. The topological polar surface area (TPSA) is 58.6 Å². The molecule has 0 spiro atoms. The molecule has 3 aromatic carbocycles. The first-order chi connectivity index (χ1) is 14.5. The summed E-state index contributed by atoms with van der Waals surface area (Å²) in [5, 5.41) is 3.41. The SMILES string of the molecule is Cc1ccc(Oc2ccccc2NC(=O)[C@@H]2CC(=O)N(c3ccccc3Cl)C2)cc1. The number of rotatable bonds is 5. The number of ether oxygens (including phenoxy) is 1. The Hall–Kier alpha value is -3.31. The van der Waals surface area contributed by atoms with E-state index in [1.807, 2.05) is 55.5 Å². The molecule has 1 N–H and O–H groups in total. The number of carbonyl (C=O) groups is 2. The van der Waals surface area contributed by atoms with E-state index in [4.69, 9.17) is 16.3 Å². The highest BCUT2D eigenvalue weighted by Gasteiger charge is 2.36. The Morgan fingerprint density at radius 2 is 1.73 bits per heavy atom. The van der Waals surface area contributed by atoms with E-state index in [0.29, 0.717) is 27.9 Å². The fourth-order valence-electron chi connectivity index (χ4n) is 3.41. The van der Waals surface area contributed by atoms with Crippen LogP contribution < -0.4 is 15.0 Å². The van der Waals surface area contributed by atoms with E-state index in [-0.39, 0.29) is 24.8 Å². The predicted octanol–water partition coefficient (Wildman–Crippen LogP) is 5.43. The lowest BCUT2D eigenvalue weighted by Crippen LogP contribution is -2.28. The number of anilines is 2. The summed E-state index contributed by atoms with van der Waals surface area (Å²) in [4.78, 5) is 27.0. The van der Waals surface area contributed by atoms with Gasteiger partial charge in [-0.2, -0.15) is 0 Å². The normalized spacial score (nSPS) is 15.9. The highest BCUT2D eigenvalue weighted by Crippen LogP contribution is 2.33. The van der Waals surface area contributed by atoms with Crippen LogP contribution >= 0.6 is 11.6 Å². The summed E-state index contributed by atoms with van der Waals surface area (Å²) in [5.41, 5.74) is 2.33. The van der Waals surface area contributed by atoms with Crippen molar-refractivity contribution in [2.75, 3.05) is 16.8 Å². The summed E-state index contributed by atoms with van der Waals surface area (Å²) in [5.74, 6) is 0.414. The van der Waals surface area contributed by atoms with Crippen LogP contribution in [-0.4, -0.2) is 18.4 Å². The van der Waals surface area contributed by atoms with Crippen molar-refractivity contribution in [3.05, 3.63) is 83.4 Å². The van der Waals surface area contributed by atoms with Gasteiger partial charge in [-0.3, -0.25) is 9.59 Å². The summed E-state index contributed by atoms with van der Waals surface area (Å²) < 4.78 is 5.95.